The maximum atomic E-state index is 12.2. The van der Waals surface area contributed by atoms with Crippen molar-refractivity contribution in [2.24, 2.45) is 17.8 Å². The van der Waals surface area contributed by atoms with Crippen LogP contribution in [0.1, 0.15) is 51.9 Å². The van der Waals surface area contributed by atoms with Gasteiger partial charge in [0.05, 0.1) is 11.8 Å². The zero-order chi connectivity index (χ0) is 13.1. The van der Waals surface area contributed by atoms with Gasteiger partial charge in [-0.2, -0.15) is 0 Å². The third-order valence-corrected chi connectivity index (χ3v) is 4.45. The van der Waals surface area contributed by atoms with Crippen molar-refractivity contribution in [3.8, 4) is 0 Å². The van der Waals surface area contributed by atoms with Crippen molar-refractivity contribution >= 4 is 11.9 Å². The first-order valence-electron chi connectivity index (χ1n) is 7.11. The molecule has 0 radical (unpaired) electrons. The average molecular weight is 253 g/mol. The second kappa shape index (κ2) is 5.72. The lowest BCUT2D eigenvalue weighted by Gasteiger charge is -2.29. The van der Waals surface area contributed by atoms with E-state index in [1.165, 1.54) is 12.8 Å². The average Bonchev–Trinajstić information content (AvgIpc) is 2.77. The Morgan fingerprint density at radius 1 is 1.06 bits per heavy atom. The van der Waals surface area contributed by atoms with Gasteiger partial charge in [0, 0.05) is 6.04 Å². The van der Waals surface area contributed by atoms with Crippen LogP contribution in [0, 0.1) is 17.8 Å². The van der Waals surface area contributed by atoms with Gasteiger partial charge in [0.25, 0.3) is 0 Å². The molecule has 2 rings (SSSR count). The van der Waals surface area contributed by atoms with E-state index in [-0.39, 0.29) is 17.9 Å². The van der Waals surface area contributed by atoms with Crippen molar-refractivity contribution in [3.05, 3.63) is 0 Å². The Morgan fingerprint density at radius 3 is 2.39 bits per heavy atom. The van der Waals surface area contributed by atoms with Crippen LogP contribution in [0.4, 0.5) is 0 Å². The summed E-state index contributed by atoms with van der Waals surface area (Å²) in [5.41, 5.74) is 0. The first-order valence-corrected chi connectivity index (χ1v) is 7.11. The molecule has 0 aliphatic heterocycles. The lowest BCUT2D eigenvalue weighted by molar-refractivity contribution is -0.146. The summed E-state index contributed by atoms with van der Waals surface area (Å²) in [6.45, 7) is 2.22. The van der Waals surface area contributed by atoms with Crippen LogP contribution in [-0.4, -0.2) is 23.0 Å². The predicted molar refractivity (Wildman–Crippen MR) is 68.0 cm³/mol. The number of aliphatic carboxylic acids is 1. The monoisotopic (exact) mass is 253 g/mol. The van der Waals surface area contributed by atoms with Gasteiger partial charge in [-0.3, -0.25) is 9.59 Å². The number of rotatable bonds is 3. The first kappa shape index (κ1) is 13.4. The van der Waals surface area contributed by atoms with Gasteiger partial charge in [-0.25, -0.2) is 0 Å². The first-order chi connectivity index (χ1) is 8.58. The maximum absolute atomic E-state index is 12.2. The highest BCUT2D eigenvalue weighted by atomic mass is 16.4. The number of carbonyl (C=O) groups excluding carboxylic acids is 1. The third-order valence-electron chi connectivity index (χ3n) is 4.45. The molecule has 1 amide bonds. The standard InChI is InChI=1S/C14H23NO3/c1-9-4-2-5-10(8-9)15-13(16)11-6-3-7-12(11)14(17)18/h9-12H,2-8H2,1H3,(H,15,16)(H,17,18). The number of carboxylic acid groups (broad SMARTS) is 1. The van der Waals surface area contributed by atoms with Gasteiger partial charge in [-0.15, -0.1) is 0 Å². The van der Waals surface area contributed by atoms with Crippen LogP contribution in [0.5, 0.6) is 0 Å². The number of carbonyl (C=O) groups is 2. The maximum Gasteiger partial charge on any atom is 0.307 e. The van der Waals surface area contributed by atoms with E-state index in [2.05, 4.69) is 12.2 Å². The molecule has 0 aromatic heterocycles. The van der Waals surface area contributed by atoms with E-state index in [9.17, 15) is 9.59 Å². The molecule has 0 spiro atoms. The highest BCUT2D eigenvalue weighted by Crippen LogP contribution is 2.32. The number of carboxylic acids is 1. The van der Waals surface area contributed by atoms with Crippen LogP contribution < -0.4 is 5.32 Å². The molecule has 0 aromatic rings. The van der Waals surface area contributed by atoms with Crippen LogP contribution in [0.25, 0.3) is 0 Å². The SMILES string of the molecule is CC1CCCC(NC(=O)C2CCCC2C(=O)O)C1. The molecule has 2 aliphatic rings. The van der Waals surface area contributed by atoms with Gasteiger partial charge in [-0.05, 0) is 31.6 Å². The minimum Gasteiger partial charge on any atom is -0.481 e. The van der Waals surface area contributed by atoms with Crippen LogP contribution in [0.2, 0.25) is 0 Å². The summed E-state index contributed by atoms with van der Waals surface area (Å²) in [4.78, 5) is 23.2. The molecule has 18 heavy (non-hydrogen) atoms. The van der Waals surface area contributed by atoms with E-state index >= 15 is 0 Å². The van der Waals surface area contributed by atoms with Crippen LogP contribution >= 0.6 is 0 Å². The molecule has 0 heterocycles. The normalized spacial score (nSPS) is 36.3. The molecule has 4 unspecified atom stereocenters. The number of hydrogen-bond acceptors (Lipinski definition) is 2. The lowest BCUT2D eigenvalue weighted by Crippen LogP contribution is -2.43. The zero-order valence-corrected chi connectivity index (χ0v) is 11.0. The number of hydrogen-bond donors (Lipinski definition) is 2. The molecule has 0 aromatic carbocycles. The Kier molecular flexibility index (Phi) is 4.25. The van der Waals surface area contributed by atoms with Gasteiger partial charge < -0.3 is 10.4 Å². The second-order valence-electron chi connectivity index (χ2n) is 5.96. The minimum atomic E-state index is -0.815. The smallest absolute Gasteiger partial charge is 0.307 e. The number of nitrogens with one attached hydrogen (secondary N) is 1. The Hall–Kier alpha value is -1.06. The van der Waals surface area contributed by atoms with Gasteiger partial charge in [0.2, 0.25) is 5.91 Å². The van der Waals surface area contributed by atoms with Crippen molar-refractivity contribution in [2.75, 3.05) is 0 Å². The Bertz CT molecular complexity index is 329. The Morgan fingerprint density at radius 2 is 1.72 bits per heavy atom. The molecule has 2 fully saturated rings. The van der Waals surface area contributed by atoms with Crippen molar-refractivity contribution < 1.29 is 14.7 Å². The van der Waals surface area contributed by atoms with E-state index in [0.717, 1.165) is 25.7 Å². The quantitative estimate of drug-likeness (QED) is 0.810. The molecule has 102 valence electrons. The minimum absolute atomic E-state index is 0.0287. The Labute approximate surface area is 108 Å². The number of amides is 1. The molecule has 2 saturated carbocycles. The van der Waals surface area contributed by atoms with Gasteiger partial charge in [0.15, 0.2) is 0 Å². The summed E-state index contributed by atoms with van der Waals surface area (Å²) in [5, 5.41) is 12.2. The summed E-state index contributed by atoms with van der Waals surface area (Å²) >= 11 is 0. The van der Waals surface area contributed by atoms with E-state index in [4.69, 9.17) is 5.11 Å². The van der Waals surface area contributed by atoms with Crippen molar-refractivity contribution in [1.29, 1.82) is 0 Å². The molecule has 2 N–H and O–H groups in total. The van der Waals surface area contributed by atoms with Crippen LogP contribution in [0.15, 0.2) is 0 Å². The predicted octanol–water partition coefficient (Wildman–Crippen LogP) is 2.18. The molecular formula is C14H23NO3. The molecule has 0 bridgehead atoms. The molecule has 4 atom stereocenters. The fraction of sp³-hybridized carbons (Fsp3) is 0.857. The summed E-state index contributed by atoms with van der Waals surface area (Å²) in [7, 11) is 0. The van der Waals surface area contributed by atoms with Crippen molar-refractivity contribution in [3.63, 3.8) is 0 Å². The van der Waals surface area contributed by atoms with Crippen molar-refractivity contribution in [1.82, 2.24) is 5.32 Å². The van der Waals surface area contributed by atoms with Crippen LogP contribution in [0.3, 0.4) is 0 Å². The summed E-state index contributed by atoms with van der Waals surface area (Å²) in [5.74, 6) is -0.947. The lowest BCUT2D eigenvalue weighted by atomic mass is 9.86. The van der Waals surface area contributed by atoms with Gasteiger partial charge in [0.1, 0.15) is 0 Å². The summed E-state index contributed by atoms with van der Waals surface area (Å²) in [6, 6.07) is 0.260. The highest BCUT2D eigenvalue weighted by Gasteiger charge is 2.38. The summed E-state index contributed by atoms with van der Waals surface area (Å²) < 4.78 is 0. The van der Waals surface area contributed by atoms with Gasteiger partial charge in [-0.1, -0.05) is 26.2 Å². The zero-order valence-electron chi connectivity index (χ0n) is 11.0. The third kappa shape index (κ3) is 3.03. The topological polar surface area (TPSA) is 66.4 Å². The van der Waals surface area contributed by atoms with Gasteiger partial charge >= 0.3 is 5.97 Å². The summed E-state index contributed by atoms with van der Waals surface area (Å²) in [6.07, 6.45) is 6.72. The fourth-order valence-electron chi connectivity index (χ4n) is 3.44. The fourth-order valence-corrected chi connectivity index (χ4v) is 3.44. The highest BCUT2D eigenvalue weighted by molar-refractivity contribution is 5.85. The largest absolute Gasteiger partial charge is 0.481 e. The van der Waals surface area contributed by atoms with E-state index in [1.54, 1.807) is 0 Å². The molecule has 0 saturated heterocycles. The Balaban J connectivity index is 1.89. The molecule has 2 aliphatic carbocycles. The second-order valence-corrected chi connectivity index (χ2v) is 5.96. The van der Waals surface area contributed by atoms with E-state index in [1.807, 2.05) is 0 Å². The van der Waals surface area contributed by atoms with E-state index in [0.29, 0.717) is 12.3 Å². The van der Waals surface area contributed by atoms with E-state index < -0.39 is 11.9 Å². The van der Waals surface area contributed by atoms with Crippen LogP contribution in [-0.2, 0) is 9.59 Å². The molecule has 4 nitrogen and oxygen atoms in total. The molecular weight excluding hydrogens is 230 g/mol. The van der Waals surface area contributed by atoms with Crippen molar-refractivity contribution in [2.45, 2.75) is 57.9 Å². The molecule has 4 heteroatoms.